The van der Waals surface area contributed by atoms with Crippen molar-refractivity contribution in [3.8, 4) is 0 Å². The van der Waals surface area contributed by atoms with E-state index in [1.54, 1.807) is 12.3 Å². The smallest absolute Gasteiger partial charge is 0.221 e. The SMILES string of the molecule is CCN1CCN(Cc2ccc(Cl)nc2)/C1=N/NO. The lowest BCUT2D eigenvalue weighted by molar-refractivity contribution is 0.168. The third-order valence-electron chi connectivity index (χ3n) is 2.90. The van der Waals surface area contributed by atoms with Gasteiger partial charge in [0.05, 0.1) is 0 Å². The van der Waals surface area contributed by atoms with E-state index in [4.69, 9.17) is 16.8 Å². The second-order valence-corrected chi connectivity index (χ2v) is 4.39. The van der Waals surface area contributed by atoms with E-state index >= 15 is 0 Å². The van der Waals surface area contributed by atoms with E-state index in [1.165, 1.54) is 0 Å². The molecule has 1 saturated heterocycles. The number of nitrogens with zero attached hydrogens (tertiary/aromatic N) is 4. The summed E-state index contributed by atoms with van der Waals surface area (Å²) in [5, 5.41) is 13.1. The fourth-order valence-corrected chi connectivity index (χ4v) is 2.11. The zero-order chi connectivity index (χ0) is 13.0. The molecule has 2 N–H and O–H groups in total. The Bertz CT molecular complexity index is 422. The Morgan fingerprint density at radius 1 is 1.44 bits per heavy atom. The number of halogens is 1. The average Bonchev–Trinajstić information content (AvgIpc) is 2.75. The van der Waals surface area contributed by atoms with Crippen molar-refractivity contribution in [2.45, 2.75) is 13.5 Å². The van der Waals surface area contributed by atoms with E-state index in [1.807, 2.05) is 11.7 Å². The summed E-state index contributed by atoms with van der Waals surface area (Å²) in [6, 6.07) is 3.71. The van der Waals surface area contributed by atoms with Crippen LogP contribution in [0.3, 0.4) is 0 Å². The fraction of sp³-hybridized carbons (Fsp3) is 0.455. The quantitative estimate of drug-likeness (QED) is 0.634. The van der Waals surface area contributed by atoms with Crippen LogP contribution in [0.1, 0.15) is 12.5 Å². The van der Waals surface area contributed by atoms with Gasteiger partial charge in [0.15, 0.2) is 0 Å². The van der Waals surface area contributed by atoms with Crippen molar-refractivity contribution < 1.29 is 5.21 Å². The molecule has 0 saturated carbocycles. The van der Waals surface area contributed by atoms with E-state index in [0.717, 1.165) is 31.2 Å². The Morgan fingerprint density at radius 3 is 2.83 bits per heavy atom. The van der Waals surface area contributed by atoms with Gasteiger partial charge < -0.3 is 9.80 Å². The summed E-state index contributed by atoms with van der Waals surface area (Å²) in [6.45, 7) is 5.38. The van der Waals surface area contributed by atoms with Crippen LogP contribution in [0.25, 0.3) is 0 Å². The van der Waals surface area contributed by atoms with Crippen LogP contribution in [-0.4, -0.2) is 45.6 Å². The van der Waals surface area contributed by atoms with Crippen molar-refractivity contribution in [2.75, 3.05) is 19.6 Å². The van der Waals surface area contributed by atoms with Gasteiger partial charge in [-0.3, -0.25) is 5.21 Å². The van der Waals surface area contributed by atoms with Crippen molar-refractivity contribution >= 4 is 17.6 Å². The predicted molar refractivity (Wildman–Crippen MR) is 69.3 cm³/mol. The number of nitrogens with one attached hydrogen (secondary N) is 1. The predicted octanol–water partition coefficient (Wildman–Crippen LogP) is 1.12. The summed E-state index contributed by atoms with van der Waals surface area (Å²) in [6.07, 6.45) is 1.75. The van der Waals surface area contributed by atoms with Gasteiger partial charge in [-0.15, -0.1) is 5.10 Å². The largest absolute Gasteiger partial charge is 0.340 e. The molecule has 0 aromatic carbocycles. The topological polar surface area (TPSA) is 64.0 Å². The van der Waals surface area contributed by atoms with Gasteiger partial charge in [0.1, 0.15) is 5.15 Å². The number of pyridine rings is 1. The molecule has 7 heteroatoms. The molecule has 18 heavy (non-hydrogen) atoms. The van der Waals surface area contributed by atoms with E-state index in [-0.39, 0.29) is 0 Å². The molecule has 1 fully saturated rings. The number of rotatable bonds is 4. The van der Waals surface area contributed by atoms with Crippen molar-refractivity contribution in [1.82, 2.24) is 20.4 Å². The monoisotopic (exact) mass is 269 g/mol. The Kier molecular flexibility index (Phi) is 4.22. The van der Waals surface area contributed by atoms with E-state index in [2.05, 4.69) is 26.8 Å². The van der Waals surface area contributed by atoms with Gasteiger partial charge in [-0.1, -0.05) is 17.7 Å². The van der Waals surface area contributed by atoms with Crippen LogP contribution in [0.5, 0.6) is 0 Å². The fourth-order valence-electron chi connectivity index (χ4n) is 2.00. The molecule has 1 aromatic heterocycles. The highest BCUT2D eigenvalue weighted by atomic mass is 35.5. The summed E-state index contributed by atoms with van der Waals surface area (Å²) in [5.41, 5.74) is 2.93. The normalized spacial score (nSPS) is 17.6. The average molecular weight is 270 g/mol. The molecule has 0 spiro atoms. The molecule has 2 heterocycles. The van der Waals surface area contributed by atoms with Crippen LogP contribution >= 0.6 is 11.6 Å². The number of hydrogen-bond donors (Lipinski definition) is 2. The standard InChI is InChI=1S/C11H16ClN5O/c1-2-16-5-6-17(11(16)14-15-18)8-9-3-4-10(12)13-7-9/h3-4,7,15,18H,2,5-6,8H2,1H3/b14-11+. The van der Waals surface area contributed by atoms with Crippen LogP contribution < -0.4 is 5.59 Å². The third-order valence-corrected chi connectivity index (χ3v) is 3.12. The Balaban J connectivity index is 2.09. The maximum absolute atomic E-state index is 8.74. The molecule has 0 unspecified atom stereocenters. The van der Waals surface area contributed by atoms with Gasteiger partial charge in [0, 0.05) is 32.4 Å². The first-order valence-corrected chi connectivity index (χ1v) is 6.19. The number of aromatic nitrogens is 1. The molecule has 0 atom stereocenters. The van der Waals surface area contributed by atoms with Crippen LogP contribution in [0.15, 0.2) is 23.4 Å². The van der Waals surface area contributed by atoms with Gasteiger partial charge in [0.25, 0.3) is 0 Å². The van der Waals surface area contributed by atoms with Crippen molar-refractivity contribution in [1.29, 1.82) is 0 Å². The minimum atomic E-state index is 0.487. The molecule has 0 amide bonds. The third kappa shape index (κ3) is 2.83. The first-order valence-electron chi connectivity index (χ1n) is 5.81. The minimum Gasteiger partial charge on any atom is -0.340 e. The van der Waals surface area contributed by atoms with Crippen molar-refractivity contribution in [2.24, 2.45) is 5.10 Å². The first-order chi connectivity index (χ1) is 8.74. The first kappa shape index (κ1) is 12.9. The number of guanidine groups is 1. The lowest BCUT2D eigenvalue weighted by Gasteiger charge is -2.21. The molecule has 98 valence electrons. The highest BCUT2D eigenvalue weighted by Crippen LogP contribution is 2.13. The Morgan fingerprint density at radius 2 is 2.22 bits per heavy atom. The summed E-state index contributed by atoms with van der Waals surface area (Å²) in [5.74, 6) is 0.745. The van der Waals surface area contributed by atoms with Gasteiger partial charge in [0.2, 0.25) is 5.96 Å². The van der Waals surface area contributed by atoms with Crippen LogP contribution in [0, 0.1) is 0 Å². The van der Waals surface area contributed by atoms with E-state index in [9.17, 15) is 0 Å². The molecule has 2 rings (SSSR count). The molecule has 1 aromatic rings. The maximum atomic E-state index is 8.74. The molecule has 0 bridgehead atoms. The zero-order valence-corrected chi connectivity index (χ0v) is 10.9. The van der Waals surface area contributed by atoms with E-state index < -0.39 is 0 Å². The molecule has 0 radical (unpaired) electrons. The summed E-state index contributed by atoms with van der Waals surface area (Å²) in [7, 11) is 0. The zero-order valence-electron chi connectivity index (χ0n) is 10.2. The second kappa shape index (κ2) is 5.88. The van der Waals surface area contributed by atoms with E-state index in [0.29, 0.717) is 11.7 Å². The Labute approximate surface area is 111 Å². The van der Waals surface area contributed by atoms with Gasteiger partial charge >= 0.3 is 0 Å². The molecule has 0 aliphatic carbocycles. The molecular weight excluding hydrogens is 254 g/mol. The number of hydrogen-bond acceptors (Lipinski definition) is 4. The van der Waals surface area contributed by atoms with Crippen LogP contribution in [0.2, 0.25) is 5.15 Å². The van der Waals surface area contributed by atoms with Gasteiger partial charge in [-0.2, -0.15) is 5.59 Å². The molecule has 1 aliphatic rings. The second-order valence-electron chi connectivity index (χ2n) is 4.00. The minimum absolute atomic E-state index is 0.487. The molecule has 1 aliphatic heterocycles. The van der Waals surface area contributed by atoms with Crippen molar-refractivity contribution in [3.05, 3.63) is 29.0 Å². The van der Waals surface area contributed by atoms with Crippen LogP contribution in [-0.2, 0) is 6.54 Å². The molecule has 6 nitrogen and oxygen atoms in total. The Hall–Kier alpha value is -1.53. The number of likely N-dealkylation sites (N-methyl/N-ethyl adjacent to an activating group) is 1. The lowest BCUT2D eigenvalue weighted by atomic mass is 10.3. The lowest BCUT2D eigenvalue weighted by Crippen LogP contribution is -2.34. The van der Waals surface area contributed by atoms with Gasteiger partial charge in [-0.25, -0.2) is 4.98 Å². The van der Waals surface area contributed by atoms with Gasteiger partial charge in [-0.05, 0) is 18.6 Å². The summed E-state index contributed by atoms with van der Waals surface area (Å²) in [4.78, 5) is 8.22. The highest BCUT2D eigenvalue weighted by Gasteiger charge is 2.25. The summed E-state index contributed by atoms with van der Waals surface area (Å²) < 4.78 is 0. The highest BCUT2D eigenvalue weighted by molar-refractivity contribution is 6.29. The van der Waals surface area contributed by atoms with Crippen LogP contribution in [0.4, 0.5) is 0 Å². The maximum Gasteiger partial charge on any atom is 0.221 e. The van der Waals surface area contributed by atoms with Crippen molar-refractivity contribution in [3.63, 3.8) is 0 Å². The number of hydrazone groups is 1. The molecular formula is C11H16ClN5O. The summed E-state index contributed by atoms with van der Waals surface area (Å²) >= 11 is 5.75.